The van der Waals surface area contributed by atoms with Crippen molar-refractivity contribution in [1.29, 1.82) is 0 Å². The Morgan fingerprint density at radius 2 is 2.33 bits per heavy atom. The van der Waals surface area contributed by atoms with E-state index in [1.54, 1.807) is 11.9 Å². The molecule has 1 aromatic heterocycles. The maximum atomic E-state index is 12.1. The molecule has 18 heavy (non-hydrogen) atoms. The van der Waals surface area contributed by atoms with Gasteiger partial charge >= 0.3 is 0 Å². The number of likely N-dealkylation sites (N-methyl/N-ethyl adjacent to an activating group) is 1. The number of thiazole rings is 1. The highest BCUT2D eigenvalue weighted by atomic mass is 32.1. The number of hydrogen-bond donors (Lipinski definition) is 1. The third-order valence-electron chi connectivity index (χ3n) is 3.08. The lowest BCUT2D eigenvalue weighted by molar-refractivity contribution is -0.128. The van der Waals surface area contributed by atoms with Gasteiger partial charge in [-0.05, 0) is 19.8 Å². The number of rotatable bonds is 3. The average molecular weight is 267 g/mol. The molecule has 1 atom stereocenters. The second-order valence-corrected chi connectivity index (χ2v) is 5.53. The van der Waals surface area contributed by atoms with Crippen LogP contribution in [0.1, 0.15) is 33.7 Å². The van der Waals surface area contributed by atoms with E-state index in [1.807, 2.05) is 13.8 Å². The van der Waals surface area contributed by atoms with Gasteiger partial charge in [-0.1, -0.05) is 6.92 Å². The van der Waals surface area contributed by atoms with Crippen LogP contribution < -0.4 is 5.32 Å². The third kappa shape index (κ3) is 2.38. The third-order valence-corrected chi connectivity index (χ3v) is 4.38. The van der Waals surface area contributed by atoms with E-state index < -0.39 is 0 Å². The monoisotopic (exact) mass is 267 g/mol. The van der Waals surface area contributed by atoms with E-state index in [-0.39, 0.29) is 17.9 Å². The molecule has 0 spiro atoms. The summed E-state index contributed by atoms with van der Waals surface area (Å²) in [6.07, 6.45) is 1.50. The molecule has 0 aromatic carbocycles. The van der Waals surface area contributed by atoms with Crippen LogP contribution in [0.3, 0.4) is 0 Å². The molecule has 1 saturated heterocycles. The Labute approximate surface area is 110 Å². The normalized spacial score (nSPS) is 19.4. The molecule has 2 heterocycles. The van der Waals surface area contributed by atoms with Crippen molar-refractivity contribution in [2.75, 3.05) is 13.6 Å². The first-order valence-corrected chi connectivity index (χ1v) is 6.86. The highest BCUT2D eigenvalue weighted by molar-refractivity contribution is 7.13. The largest absolute Gasteiger partial charge is 0.344 e. The van der Waals surface area contributed by atoms with Gasteiger partial charge in [0.2, 0.25) is 5.91 Å². The van der Waals surface area contributed by atoms with Crippen molar-refractivity contribution < 1.29 is 9.59 Å². The van der Waals surface area contributed by atoms with Crippen LogP contribution in [0.5, 0.6) is 0 Å². The van der Waals surface area contributed by atoms with Gasteiger partial charge < -0.3 is 10.2 Å². The molecule has 1 aliphatic heterocycles. The van der Waals surface area contributed by atoms with Gasteiger partial charge in [0.1, 0.15) is 10.9 Å². The van der Waals surface area contributed by atoms with Crippen molar-refractivity contribution in [2.24, 2.45) is 0 Å². The molecule has 0 radical (unpaired) electrons. The van der Waals surface area contributed by atoms with Crippen molar-refractivity contribution in [3.8, 4) is 0 Å². The van der Waals surface area contributed by atoms with Crippen molar-refractivity contribution in [2.45, 2.75) is 32.7 Å². The predicted molar refractivity (Wildman–Crippen MR) is 69.7 cm³/mol. The molecule has 0 bridgehead atoms. The molecular formula is C12H17N3O2S. The molecule has 0 saturated carbocycles. The first-order chi connectivity index (χ1) is 8.52. The zero-order valence-electron chi connectivity index (χ0n) is 10.8. The van der Waals surface area contributed by atoms with Crippen LogP contribution in [-0.4, -0.2) is 41.3 Å². The SMILES string of the molecule is CCc1nc(C)c(C(=O)N[C@H]2CCN(C)C2=O)s1. The summed E-state index contributed by atoms with van der Waals surface area (Å²) in [7, 11) is 1.75. The zero-order chi connectivity index (χ0) is 13.3. The van der Waals surface area contributed by atoms with E-state index in [9.17, 15) is 9.59 Å². The quantitative estimate of drug-likeness (QED) is 0.888. The minimum absolute atomic E-state index is 0.0127. The van der Waals surface area contributed by atoms with E-state index in [0.29, 0.717) is 17.8 Å². The Hall–Kier alpha value is -1.43. The van der Waals surface area contributed by atoms with Gasteiger partial charge in [0.05, 0.1) is 10.7 Å². The molecule has 98 valence electrons. The van der Waals surface area contributed by atoms with Gasteiger partial charge in [-0.15, -0.1) is 11.3 Å². The Kier molecular flexibility index (Phi) is 3.65. The Bertz CT molecular complexity index is 484. The predicted octanol–water partition coefficient (Wildman–Crippen LogP) is 0.974. The van der Waals surface area contributed by atoms with Crippen LogP contribution in [-0.2, 0) is 11.2 Å². The summed E-state index contributed by atoms with van der Waals surface area (Å²) in [6, 6.07) is -0.380. The van der Waals surface area contributed by atoms with Crippen LogP contribution >= 0.6 is 11.3 Å². The second kappa shape index (κ2) is 5.06. The van der Waals surface area contributed by atoms with Gasteiger partial charge in [-0.25, -0.2) is 4.98 Å². The number of aromatic nitrogens is 1. The number of aryl methyl sites for hydroxylation is 2. The van der Waals surface area contributed by atoms with E-state index in [2.05, 4.69) is 10.3 Å². The fourth-order valence-corrected chi connectivity index (χ4v) is 2.90. The molecule has 0 aliphatic carbocycles. The van der Waals surface area contributed by atoms with Crippen LogP contribution in [0, 0.1) is 6.92 Å². The standard InChI is InChI=1S/C12H17N3O2S/c1-4-9-13-7(2)10(18-9)11(16)14-8-5-6-15(3)12(8)17/h8H,4-6H2,1-3H3,(H,14,16)/t8-/m0/s1. The summed E-state index contributed by atoms with van der Waals surface area (Å²) in [4.78, 5) is 30.4. The molecule has 1 aliphatic rings. The number of carbonyl (C=O) groups is 2. The molecule has 1 fully saturated rings. The van der Waals surface area contributed by atoms with Gasteiger partial charge in [-0.2, -0.15) is 0 Å². The minimum Gasteiger partial charge on any atom is -0.344 e. The van der Waals surface area contributed by atoms with Gasteiger partial charge in [-0.3, -0.25) is 9.59 Å². The maximum Gasteiger partial charge on any atom is 0.263 e. The summed E-state index contributed by atoms with van der Waals surface area (Å²) in [6.45, 7) is 4.54. The molecule has 1 aromatic rings. The molecule has 2 rings (SSSR count). The lowest BCUT2D eigenvalue weighted by Gasteiger charge is -2.11. The smallest absolute Gasteiger partial charge is 0.263 e. The highest BCUT2D eigenvalue weighted by Crippen LogP contribution is 2.19. The number of likely N-dealkylation sites (tertiary alicyclic amines) is 1. The minimum atomic E-state index is -0.380. The molecule has 5 nitrogen and oxygen atoms in total. The Morgan fingerprint density at radius 1 is 1.61 bits per heavy atom. The van der Waals surface area contributed by atoms with Gasteiger partial charge in [0, 0.05) is 13.6 Å². The van der Waals surface area contributed by atoms with Gasteiger partial charge in [0.15, 0.2) is 0 Å². The summed E-state index contributed by atoms with van der Waals surface area (Å²) >= 11 is 1.40. The maximum absolute atomic E-state index is 12.1. The first kappa shape index (κ1) is 13.0. The molecule has 1 N–H and O–H groups in total. The average Bonchev–Trinajstić information content (AvgIpc) is 2.86. The van der Waals surface area contributed by atoms with Crippen molar-refractivity contribution in [3.05, 3.63) is 15.6 Å². The number of nitrogens with one attached hydrogen (secondary N) is 1. The summed E-state index contributed by atoms with van der Waals surface area (Å²) < 4.78 is 0. The Balaban J connectivity index is 2.08. The lowest BCUT2D eigenvalue weighted by atomic mass is 10.2. The van der Waals surface area contributed by atoms with E-state index in [1.165, 1.54) is 11.3 Å². The summed E-state index contributed by atoms with van der Waals surface area (Å²) in [5.74, 6) is -0.195. The molecular weight excluding hydrogens is 250 g/mol. The number of nitrogens with zero attached hydrogens (tertiary/aromatic N) is 2. The molecule has 6 heteroatoms. The lowest BCUT2D eigenvalue weighted by Crippen LogP contribution is -2.40. The van der Waals surface area contributed by atoms with Crippen LogP contribution in [0.25, 0.3) is 0 Å². The summed E-state index contributed by atoms with van der Waals surface area (Å²) in [5, 5.41) is 3.75. The number of amides is 2. The van der Waals surface area contributed by atoms with E-state index in [4.69, 9.17) is 0 Å². The van der Waals surface area contributed by atoms with Crippen molar-refractivity contribution in [3.63, 3.8) is 0 Å². The van der Waals surface area contributed by atoms with Gasteiger partial charge in [0.25, 0.3) is 5.91 Å². The number of hydrogen-bond acceptors (Lipinski definition) is 4. The molecule has 2 amide bonds. The van der Waals surface area contributed by atoms with Crippen molar-refractivity contribution >= 4 is 23.2 Å². The topological polar surface area (TPSA) is 62.3 Å². The van der Waals surface area contributed by atoms with Crippen LogP contribution in [0.4, 0.5) is 0 Å². The van der Waals surface area contributed by atoms with E-state index in [0.717, 1.165) is 17.1 Å². The van der Waals surface area contributed by atoms with Crippen molar-refractivity contribution in [1.82, 2.24) is 15.2 Å². The van der Waals surface area contributed by atoms with Crippen LogP contribution in [0.2, 0.25) is 0 Å². The summed E-state index contributed by atoms with van der Waals surface area (Å²) in [5.41, 5.74) is 0.744. The second-order valence-electron chi connectivity index (χ2n) is 4.45. The number of carbonyl (C=O) groups excluding carboxylic acids is 2. The zero-order valence-corrected chi connectivity index (χ0v) is 11.6. The first-order valence-electron chi connectivity index (χ1n) is 6.05. The van der Waals surface area contributed by atoms with Crippen LogP contribution in [0.15, 0.2) is 0 Å². The molecule has 0 unspecified atom stereocenters. The highest BCUT2D eigenvalue weighted by Gasteiger charge is 2.31. The fourth-order valence-electron chi connectivity index (χ4n) is 1.99. The Morgan fingerprint density at radius 3 is 2.83 bits per heavy atom. The fraction of sp³-hybridized carbons (Fsp3) is 0.583. The van der Waals surface area contributed by atoms with E-state index >= 15 is 0 Å².